The van der Waals surface area contributed by atoms with E-state index in [9.17, 15) is 0 Å². The summed E-state index contributed by atoms with van der Waals surface area (Å²) in [7, 11) is 1.60. The Hall–Kier alpha value is -0.840. The van der Waals surface area contributed by atoms with E-state index in [1.54, 1.807) is 7.11 Å². The highest BCUT2D eigenvalue weighted by molar-refractivity contribution is 5.10. The highest BCUT2D eigenvalue weighted by atomic mass is 16.7. The van der Waals surface area contributed by atoms with E-state index < -0.39 is 0 Å². The van der Waals surface area contributed by atoms with Crippen LogP contribution in [0.5, 0.6) is 0 Å². The lowest BCUT2D eigenvalue weighted by atomic mass is 10.3. The van der Waals surface area contributed by atoms with Crippen molar-refractivity contribution < 1.29 is 14.3 Å². The number of hydrogen-bond donors (Lipinski definition) is 1. The molecule has 0 rings (SSSR count). The minimum atomic E-state index is 0.381. The van der Waals surface area contributed by atoms with E-state index in [-0.39, 0.29) is 0 Å². The first-order chi connectivity index (χ1) is 7.35. The fraction of sp³-hybridized carbons (Fsp3) is 0.636. The molecule has 0 aromatic rings. The molecule has 0 fully saturated rings. The zero-order valence-corrected chi connectivity index (χ0v) is 9.79. The lowest BCUT2D eigenvalue weighted by Gasteiger charge is -2.07. The minimum Gasteiger partial charge on any atom is -0.491 e. The molecule has 0 aromatic heterocycles. The van der Waals surface area contributed by atoms with Crippen molar-refractivity contribution in [2.75, 3.05) is 27.1 Å². The SMILES string of the molecule is C/C=C\C(=C/CC)OCCONCOC. The molecule has 4 nitrogen and oxygen atoms in total. The van der Waals surface area contributed by atoms with Crippen molar-refractivity contribution in [3.05, 3.63) is 24.0 Å². The topological polar surface area (TPSA) is 39.7 Å². The van der Waals surface area contributed by atoms with Crippen LogP contribution in [-0.4, -0.2) is 27.1 Å². The van der Waals surface area contributed by atoms with E-state index in [4.69, 9.17) is 14.3 Å². The first kappa shape index (κ1) is 14.2. The number of methoxy groups -OCH3 is 1. The molecule has 0 saturated carbocycles. The summed E-state index contributed by atoms with van der Waals surface area (Å²) in [6.45, 7) is 5.42. The van der Waals surface area contributed by atoms with Crippen molar-refractivity contribution in [2.24, 2.45) is 0 Å². The Kier molecular flexibility index (Phi) is 10.6. The standard InChI is InChI=1S/C11H21NO3/c1-4-6-11(7-5-2)14-8-9-15-12-10-13-3/h4,6-7,12H,5,8-10H2,1-3H3/b6-4-,11-7+. The monoisotopic (exact) mass is 215 g/mol. The van der Waals surface area contributed by atoms with Crippen LogP contribution in [0.2, 0.25) is 0 Å². The van der Waals surface area contributed by atoms with Crippen LogP contribution in [0.15, 0.2) is 24.0 Å². The molecule has 88 valence electrons. The Morgan fingerprint density at radius 1 is 1.33 bits per heavy atom. The van der Waals surface area contributed by atoms with E-state index in [1.807, 2.05) is 25.2 Å². The fourth-order valence-electron chi connectivity index (χ4n) is 0.914. The van der Waals surface area contributed by atoms with Crippen molar-refractivity contribution in [1.29, 1.82) is 0 Å². The van der Waals surface area contributed by atoms with Crippen LogP contribution in [0.4, 0.5) is 0 Å². The quantitative estimate of drug-likeness (QED) is 0.210. The minimum absolute atomic E-state index is 0.381. The molecule has 0 aromatic carbocycles. The zero-order chi connectivity index (χ0) is 11.4. The second-order valence-corrected chi connectivity index (χ2v) is 2.79. The molecule has 0 spiro atoms. The van der Waals surface area contributed by atoms with Gasteiger partial charge in [-0.15, -0.1) is 0 Å². The van der Waals surface area contributed by atoms with Gasteiger partial charge in [-0.2, -0.15) is 5.48 Å². The molecule has 0 aliphatic heterocycles. The van der Waals surface area contributed by atoms with Gasteiger partial charge in [0.1, 0.15) is 25.7 Å². The average molecular weight is 215 g/mol. The Bertz CT molecular complexity index is 190. The maximum Gasteiger partial charge on any atom is 0.119 e. The molecule has 15 heavy (non-hydrogen) atoms. The van der Waals surface area contributed by atoms with Gasteiger partial charge in [0.15, 0.2) is 0 Å². The van der Waals surface area contributed by atoms with E-state index in [0.717, 1.165) is 12.2 Å². The Labute approximate surface area is 91.9 Å². The van der Waals surface area contributed by atoms with Crippen LogP contribution in [0.25, 0.3) is 0 Å². The summed E-state index contributed by atoms with van der Waals surface area (Å²) >= 11 is 0. The molecule has 0 atom stereocenters. The average Bonchev–Trinajstić information content (AvgIpc) is 2.24. The number of nitrogens with one attached hydrogen (secondary N) is 1. The van der Waals surface area contributed by atoms with E-state index >= 15 is 0 Å². The summed E-state index contributed by atoms with van der Waals surface area (Å²) in [6, 6.07) is 0. The summed E-state index contributed by atoms with van der Waals surface area (Å²) in [6.07, 6.45) is 6.88. The zero-order valence-electron chi connectivity index (χ0n) is 9.79. The van der Waals surface area contributed by atoms with Gasteiger partial charge in [-0.05, 0) is 25.5 Å². The van der Waals surface area contributed by atoms with E-state index in [0.29, 0.717) is 19.9 Å². The van der Waals surface area contributed by atoms with E-state index in [1.165, 1.54) is 0 Å². The first-order valence-electron chi connectivity index (χ1n) is 5.14. The normalized spacial score (nSPS) is 12.3. The smallest absolute Gasteiger partial charge is 0.119 e. The second kappa shape index (κ2) is 11.2. The Balaban J connectivity index is 3.50. The van der Waals surface area contributed by atoms with Gasteiger partial charge in [-0.25, -0.2) is 0 Å². The van der Waals surface area contributed by atoms with Gasteiger partial charge in [0.25, 0.3) is 0 Å². The highest BCUT2D eigenvalue weighted by Crippen LogP contribution is 2.01. The van der Waals surface area contributed by atoms with Crippen molar-refractivity contribution in [1.82, 2.24) is 5.48 Å². The Morgan fingerprint density at radius 3 is 2.73 bits per heavy atom. The summed E-state index contributed by atoms with van der Waals surface area (Å²) in [5.74, 6) is 0.885. The van der Waals surface area contributed by atoms with Gasteiger partial charge in [0.2, 0.25) is 0 Å². The number of rotatable bonds is 9. The molecule has 0 heterocycles. The van der Waals surface area contributed by atoms with Gasteiger partial charge >= 0.3 is 0 Å². The van der Waals surface area contributed by atoms with Crippen molar-refractivity contribution in [2.45, 2.75) is 20.3 Å². The predicted octanol–water partition coefficient (Wildman–Crippen LogP) is 2.00. The molecule has 0 amide bonds. The number of allylic oxidation sites excluding steroid dienone is 3. The van der Waals surface area contributed by atoms with Crippen molar-refractivity contribution >= 4 is 0 Å². The maximum absolute atomic E-state index is 5.47. The van der Waals surface area contributed by atoms with Crippen LogP contribution in [0.1, 0.15) is 20.3 Å². The van der Waals surface area contributed by atoms with Gasteiger partial charge < -0.3 is 9.47 Å². The van der Waals surface area contributed by atoms with Gasteiger partial charge in [0, 0.05) is 7.11 Å². The van der Waals surface area contributed by atoms with Crippen LogP contribution in [0.3, 0.4) is 0 Å². The van der Waals surface area contributed by atoms with Gasteiger partial charge in [-0.3, -0.25) is 4.84 Å². The third-order valence-electron chi connectivity index (χ3n) is 1.50. The highest BCUT2D eigenvalue weighted by Gasteiger charge is 1.92. The summed E-state index contributed by atoms with van der Waals surface area (Å²) in [4.78, 5) is 5.03. The molecule has 4 heteroatoms. The third-order valence-corrected chi connectivity index (χ3v) is 1.50. The lowest BCUT2D eigenvalue weighted by Crippen LogP contribution is -2.19. The van der Waals surface area contributed by atoms with Crippen LogP contribution < -0.4 is 5.48 Å². The van der Waals surface area contributed by atoms with Crippen LogP contribution in [0, 0.1) is 0 Å². The summed E-state index contributed by atoms with van der Waals surface area (Å²) in [5.41, 5.74) is 2.63. The van der Waals surface area contributed by atoms with Gasteiger partial charge in [-0.1, -0.05) is 13.0 Å². The molecular weight excluding hydrogens is 194 g/mol. The summed E-state index contributed by atoms with van der Waals surface area (Å²) < 4.78 is 10.2. The van der Waals surface area contributed by atoms with Crippen molar-refractivity contribution in [3.8, 4) is 0 Å². The largest absolute Gasteiger partial charge is 0.491 e. The second-order valence-electron chi connectivity index (χ2n) is 2.79. The fourth-order valence-corrected chi connectivity index (χ4v) is 0.914. The molecule has 0 unspecified atom stereocenters. The van der Waals surface area contributed by atoms with Crippen molar-refractivity contribution in [3.63, 3.8) is 0 Å². The van der Waals surface area contributed by atoms with Crippen LogP contribution in [-0.2, 0) is 14.3 Å². The number of ether oxygens (including phenoxy) is 2. The molecule has 0 bridgehead atoms. The van der Waals surface area contributed by atoms with E-state index in [2.05, 4.69) is 12.4 Å². The molecular formula is C11H21NO3. The number of hydroxylamine groups is 1. The van der Waals surface area contributed by atoms with Crippen LogP contribution >= 0.6 is 0 Å². The Morgan fingerprint density at radius 2 is 2.13 bits per heavy atom. The van der Waals surface area contributed by atoms with Gasteiger partial charge in [0.05, 0.1) is 0 Å². The molecule has 0 radical (unpaired) electrons. The predicted molar refractivity (Wildman–Crippen MR) is 60.1 cm³/mol. The molecule has 1 N–H and O–H groups in total. The number of hydrogen-bond acceptors (Lipinski definition) is 4. The molecule has 0 aliphatic rings. The molecule has 0 aliphatic carbocycles. The first-order valence-corrected chi connectivity index (χ1v) is 5.14. The maximum atomic E-state index is 5.47. The lowest BCUT2D eigenvalue weighted by molar-refractivity contribution is -0.0351. The molecule has 0 saturated heterocycles. The summed E-state index contributed by atoms with van der Waals surface area (Å²) in [5, 5.41) is 0. The third kappa shape index (κ3) is 9.46.